The van der Waals surface area contributed by atoms with Gasteiger partial charge in [0.2, 0.25) is 0 Å². The number of carbonyl (C=O) groups is 1. The third kappa shape index (κ3) is 5.89. The predicted octanol–water partition coefficient (Wildman–Crippen LogP) is 3.22. The second kappa shape index (κ2) is 9.52. The first-order valence-electron chi connectivity index (χ1n) is 7.69. The van der Waals surface area contributed by atoms with Gasteiger partial charge in [0.1, 0.15) is 18.2 Å². The molecule has 0 spiro atoms. The summed E-state index contributed by atoms with van der Waals surface area (Å²) in [6, 6.07) is 13.2. The van der Waals surface area contributed by atoms with Gasteiger partial charge >= 0.3 is 6.03 Å². The summed E-state index contributed by atoms with van der Waals surface area (Å²) < 4.78 is 23.8. The number of nitrogens with one attached hydrogen (secondary N) is 2. The summed E-state index contributed by atoms with van der Waals surface area (Å²) in [7, 11) is 1.61. The lowest BCUT2D eigenvalue weighted by atomic mass is 10.1. The molecule has 2 aromatic rings. The average molecular weight is 332 g/mol. The predicted molar refractivity (Wildman–Crippen MR) is 90.9 cm³/mol. The number of urea groups is 1. The van der Waals surface area contributed by atoms with Gasteiger partial charge in [0, 0.05) is 19.3 Å². The van der Waals surface area contributed by atoms with Crippen LogP contribution in [0.1, 0.15) is 5.56 Å². The molecule has 0 aromatic heterocycles. The molecular formula is C18H21FN2O3. The lowest BCUT2D eigenvalue weighted by Crippen LogP contribution is -2.30. The maximum absolute atomic E-state index is 13.5. The van der Waals surface area contributed by atoms with Gasteiger partial charge in [0.15, 0.2) is 0 Å². The van der Waals surface area contributed by atoms with Gasteiger partial charge in [-0.1, -0.05) is 18.2 Å². The Labute approximate surface area is 140 Å². The molecule has 5 nitrogen and oxygen atoms in total. The second-order valence-electron chi connectivity index (χ2n) is 5.09. The topological polar surface area (TPSA) is 59.6 Å². The number of ether oxygens (including phenoxy) is 2. The normalized spacial score (nSPS) is 10.2. The van der Waals surface area contributed by atoms with Crippen LogP contribution in [-0.4, -0.2) is 32.9 Å². The van der Waals surface area contributed by atoms with E-state index in [1.54, 1.807) is 49.6 Å². The number of hydrogen-bond acceptors (Lipinski definition) is 3. The van der Waals surface area contributed by atoms with Gasteiger partial charge in [-0.15, -0.1) is 0 Å². The molecule has 2 aromatic carbocycles. The van der Waals surface area contributed by atoms with Gasteiger partial charge in [-0.2, -0.15) is 0 Å². The molecule has 6 heteroatoms. The fourth-order valence-electron chi connectivity index (χ4n) is 2.06. The van der Waals surface area contributed by atoms with Gasteiger partial charge in [-0.3, -0.25) is 0 Å². The Morgan fingerprint density at radius 1 is 1.08 bits per heavy atom. The molecule has 0 aliphatic carbocycles. The summed E-state index contributed by atoms with van der Waals surface area (Å²) in [5.74, 6) is 0.446. The van der Waals surface area contributed by atoms with Crippen molar-refractivity contribution in [3.63, 3.8) is 0 Å². The standard InChI is InChI=1S/C18H21FN2O3/c1-23-12-13-24-16-8-6-15(7-9-16)21-18(22)20-11-10-14-4-2-3-5-17(14)19/h2-9H,10-13H2,1H3,(H2,20,21,22). The number of anilines is 1. The molecule has 0 aliphatic rings. The molecule has 0 saturated carbocycles. The van der Waals surface area contributed by atoms with Crippen molar-refractivity contribution < 1.29 is 18.7 Å². The molecule has 2 N–H and O–H groups in total. The van der Waals surface area contributed by atoms with E-state index in [9.17, 15) is 9.18 Å². The van der Waals surface area contributed by atoms with E-state index in [0.29, 0.717) is 43.2 Å². The van der Waals surface area contributed by atoms with E-state index >= 15 is 0 Å². The molecule has 0 saturated heterocycles. The summed E-state index contributed by atoms with van der Waals surface area (Å²) in [5, 5.41) is 5.41. The number of amides is 2. The van der Waals surface area contributed by atoms with Gasteiger partial charge < -0.3 is 20.1 Å². The van der Waals surface area contributed by atoms with Gasteiger partial charge in [0.05, 0.1) is 6.61 Å². The molecule has 0 heterocycles. The SMILES string of the molecule is COCCOc1ccc(NC(=O)NCCc2ccccc2F)cc1. The highest BCUT2D eigenvalue weighted by Crippen LogP contribution is 2.15. The highest BCUT2D eigenvalue weighted by atomic mass is 19.1. The summed E-state index contributed by atoms with van der Waals surface area (Å²) >= 11 is 0. The van der Waals surface area contributed by atoms with E-state index in [1.165, 1.54) is 6.07 Å². The molecule has 0 unspecified atom stereocenters. The number of rotatable bonds is 8. The quantitative estimate of drug-likeness (QED) is 0.730. The summed E-state index contributed by atoms with van der Waals surface area (Å²) in [5.41, 5.74) is 1.23. The maximum Gasteiger partial charge on any atom is 0.319 e. The Morgan fingerprint density at radius 3 is 2.54 bits per heavy atom. The highest BCUT2D eigenvalue weighted by molar-refractivity contribution is 5.89. The van der Waals surface area contributed by atoms with Crippen molar-refractivity contribution in [2.45, 2.75) is 6.42 Å². The van der Waals surface area contributed by atoms with E-state index < -0.39 is 0 Å². The zero-order chi connectivity index (χ0) is 17.2. The van der Waals surface area contributed by atoms with Crippen molar-refractivity contribution in [2.75, 3.05) is 32.2 Å². The van der Waals surface area contributed by atoms with Crippen molar-refractivity contribution in [3.8, 4) is 5.75 Å². The Morgan fingerprint density at radius 2 is 1.83 bits per heavy atom. The Bertz CT molecular complexity index is 647. The highest BCUT2D eigenvalue weighted by Gasteiger charge is 2.04. The van der Waals surface area contributed by atoms with Crippen molar-refractivity contribution >= 4 is 11.7 Å². The minimum absolute atomic E-state index is 0.260. The van der Waals surface area contributed by atoms with Crippen LogP contribution in [0, 0.1) is 5.82 Å². The van der Waals surface area contributed by atoms with Gasteiger partial charge in [-0.25, -0.2) is 9.18 Å². The summed E-state index contributed by atoms with van der Waals surface area (Å²) in [6.07, 6.45) is 0.437. The first-order chi connectivity index (χ1) is 11.7. The minimum atomic E-state index is -0.334. The van der Waals surface area contributed by atoms with Crippen LogP contribution in [0.4, 0.5) is 14.9 Å². The van der Waals surface area contributed by atoms with Crippen LogP contribution in [0.15, 0.2) is 48.5 Å². The number of benzene rings is 2. The molecular weight excluding hydrogens is 311 g/mol. The van der Waals surface area contributed by atoms with Crippen molar-refractivity contribution in [1.82, 2.24) is 5.32 Å². The zero-order valence-corrected chi connectivity index (χ0v) is 13.5. The first kappa shape index (κ1) is 17.7. The average Bonchev–Trinajstić information content (AvgIpc) is 2.58. The molecule has 2 rings (SSSR count). The third-order valence-electron chi connectivity index (χ3n) is 3.31. The zero-order valence-electron chi connectivity index (χ0n) is 13.5. The van der Waals surface area contributed by atoms with Crippen molar-refractivity contribution in [2.24, 2.45) is 0 Å². The molecule has 128 valence electrons. The Balaban J connectivity index is 1.73. The number of methoxy groups -OCH3 is 1. The fourth-order valence-corrected chi connectivity index (χ4v) is 2.06. The lowest BCUT2D eigenvalue weighted by molar-refractivity contribution is 0.146. The van der Waals surface area contributed by atoms with Gasteiger partial charge in [-0.05, 0) is 42.3 Å². The van der Waals surface area contributed by atoms with Crippen LogP contribution in [0.2, 0.25) is 0 Å². The number of halogens is 1. The molecule has 0 aliphatic heterocycles. The Hall–Kier alpha value is -2.60. The molecule has 0 radical (unpaired) electrons. The lowest BCUT2D eigenvalue weighted by Gasteiger charge is -2.09. The second-order valence-corrected chi connectivity index (χ2v) is 5.09. The van der Waals surface area contributed by atoms with Crippen LogP contribution in [0.25, 0.3) is 0 Å². The van der Waals surface area contributed by atoms with E-state index in [4.69, 9.17) is 9.47 Å². The van der Waals surface area contributed by atoms with E-state index in [0.717, 1.165) is 0 Å². The van der Waals surface area contributed by atoms with Crippen LogP contribution in [0.5, 0.6) is 5.75 Å². The largest absolute Gasteiger partial charge is 0.491 e. The molecule has 0 atom stereocenters. The monoisotopic (exact) mass is 332 g/mol. The fraction of sp³-hybridized carbons (Fsp3) is 0.278. The molecule has 0 bridgehead atoms. The number of hydrogen-bond donors (Lipinski definition) is 2. The van der Waals surface area contributed by atoms with Gasteiger partial charge in [0.25, 0.3) is 0 Å². The van der Waals surface area contributed by atoms with Crippen molar-refractivity contribution in [1.29, 1.82) is 0 Å². The van der Waals surface area contributed by atoms with E-state index in [2.05, 4.69) is 10.6 Å². The molecule has 0 fully saturated rings. The molecule has 2 amide bonds. The van der Waals surface area contributed by atoms with Crippen LogP contribution in [0.3, 0.4) is 0 Å². The van der Waals surface area contributed by atoms with Crippen molar-refractivity contribution in [3.05, 3.63) is 59.9 Å². The summed E-state index contributed by atoms with van der Waals surface area (Å²) in [4.78, 5) is 11.8. The molecule has 24 heavy (non-hydrogen) atoms. The number of carbonyl (C=O) groups excluding carboxylic acids is 1. The minimum Gasteiger partial charge on any atom is -0.491 e. The van der Waals surface area contributed by atoms with Crippen LogP contribution in [-0.2, 0) is 11.2 Å². The first-order valence-corrected chi connectivity index (χ1v) is 7.69. The van der Waals surface area contributed by atoms with Crippen LogP contribution >= 0.6 is 0 Å². The summed E-state index contributed by atoms with van der Waals surface area (Å²) in [6.45, 7) is 1.34. The van der Waals surface area contributed by atoms with Crippen LogP contribution < -0.4 is 15.4 Å². The third-order valence-corrected chi connectivity index (χ3v) is 3.31. The van der Waals surface area contributed by atoms with E-state index in [1.807, 2.05) is 0 Å². The smallest absolute Gasteiger partial charge is 0.319 e. The Kier molecular flexibility index (Phi) is 7.04. The maximum atomic E-state index is 13.5. The van der Waals surface area contributed by atoms with E-state index in [-0.39, 0.29) is 11.8 Å².